The van der Waals surface area contributed by atoms with Gasteiger partial charge in [-0.15, -0.1) is 0 Å². The third kappa shape index (κ3) is 3.68. The maximum absolute atomic E-state index is 12.5. The van der Waals surface area contributed by atoms with Gasteiger partial charge in [0.05, 0.1) is 6.10 Å². The number of piperidine rings is 1. The molecule has 3 rings (SSSR count). The number of hydrogen-bond acceptors (Lipinski definition) is 4. The van der Waals surface area contributed by atoms with E-state index in [1.165, 1.54) is 0 Å². The predicted octanol–water partition coefficient (Wildman–Crippen LogP) is 2.67. The van der Waals surface area contributed by atoms with Gasteiger partial charge in [0.25, 0.3) is 5.91 Å². The van der Waals surface area contributed by atoms with Gasteiger partial charge in [-0.3, -0.25) is 9.78 Å². The van der Waals surface area contributed by atoms with Crippen LogP contribution in [0.2, 0.25) is 0 Å². The number of rotatable bonds is 3. The molecule has 5 heteroatoms. The molecule has 2 unspecified atom stereocenters. The van der Waals surface area contributed by atoms with E-state index < -0.39 is 6.10 Å². The highest BCUT2D eigenvalue weighted by atomic mass is 16.3. The zero-order chi connectivity index (χ0) is 16.2. The summed E-state index contributed by atoms with van der Waals surface area (Å²) in [6.45, 7) is 3.14. The van der Waals surface area contributed by atoms with Gasteiger partial charge < -0.3 is 15.3 Å². The van der Waals surface area contributed by atoms with E-state index in [4.69, 9.17) is 0 Å². The minimum absolute atomic E-state index is 0.0218. The number of nitrogens with one attached hydrogen (secondary N) is 1. The van der Waals surface area contributed by atoms with Crippen molar-refractivity contribution in [2.24, 2.45) is 5.92 Å². The number of nitrogens with zero attached hydrogens (tertiary/aromatic N) is 2. The number of carbonyl (C=O) groups is 1. The van der Waals surface area contributed by atoms with Crippen LogP contribution < -0.4 is 5.32 Å². The maximum atomic E-state index is 12.5. The van der Waals surface area contributed by atoms with Crippen LogP contribution in [-0.2, 0) is 0 Å². The fourth-order valence-corrected chi connectivity index (χ4v) is 2.71. The first-order valence-electron chi connectivity index (χ1n) is 7.88. The van der Waals surface area contributed by atoms with E-state index >= 15 is 0 Å². The largest absolute Gasteiger partial charge is 0.391 e. The zero-order valence-electron chi connectivity index (χ0n) is 13.1. The highest BCUT2D eigenvalue weighted by molar-refractivity contribution is 5.94. The Hall–Kier alpha value is -2.40. The van der Waals surface area contributed by atoms with Crippen LogP contribution in [0.1, 0.15) is 23.7 Å². The summed E-state index contributed by atoms with van der Waals surface area (Å²) in [6, 6.07) is 11.2. The smallest absolute Gasteiger partial charge is 0.253 e. The second-order valence-corrected chi connectivity index (χ2v) is 6.02. The molecule has 23 heavy (non-hydrogen) atoms. The Morgan fingerprint density at radius 3 is 2.48 bits per heavy atom. The van der Waals surface area contributed by atoms with Crippen LogP contribution in [0.25, 0.3) is 0 Å². The van der Waals surface area contributed by atoms with E-state index in [1.54, 1.807) is 17.3 Å². The molecule has 1 saturated heterocycles. The first kappa shape index (κ1) is 15.5. The van der Waals surface area contributed by atoms with Gasteiger partial charge in [-0.25, -0.2) is 0 Å². The number of hydrogen-bond donors (Lipinski definition) is 2. The van der Waals surface area contributed by atoms with Crippen LogP contribution in [-0.4, -0.2) is 40.1 Å². The van der Waals surface area contributed by atoms with Gasteiger partial charge in [0.2, 0.25) is 0 Å². The normalized spacial score (nSPS) is 21.0. The first-order chi connectivity index (χ1) is 11.1. The molecule has 2 heterocycles. The first-order valence-corrected chi connectivity index (χ1v) is 7.88. The average molecular weight is 311 g/mol. The van der Waals surface area contributed by atoms with Gasteiger partial charge in [-0.05, 0) is 48.7 Å². The highest BCUT2D eigenvalue weighted by Crippen LogP contribution is 2.21. The van der Waals surface area contributed by atoms with E-state index in [0.717, 1.165) is 17.8 Å². The zero-order valence-corrected chi connectivity index (χ0v) is 13.1. The van der Waals surface area contributed by atoms with Crippen molar-refractivity contribution in [3.8, 4) is 0 Å². The number of β-amino-alcohol motifs (C(OH)–C–C–N with tert-alkyl or cyclic N) is 1. The van der Waals surface area contributed by atoms with Crippen LogP contribution in [0.4, 0.5) is 11.4 Å². The van der Waals surface area contributed by atoms with Crippen molar-refractivity contribution in [2.45, 2.75) is 19.4 Å². The standard InChI is InChI=1S/C18H21N3O2/c1-13-8-11-21(12-17(13)22)18(23)14-2-4-15(5-3-14)20-16-6-9-19-10-7-16/h2-7,9-10,13,17,22H,8,11-12H2,1H3,(H,19,20). The third-order valence-electron chi connectivity index (χ3n) is 4.31. The van der Waals surface area contributed by atoms with Gasteiger partial charge in [0, 0.05) is 42.4 Å². The third-order valence-corrected chi connectivity index (χ3v) is 4.31. The van der Waals surface area contributed by atoms with E-state index in [-0.39, 0.29) is 11.8 Å². The molecular weight excluding hydrogens is 290 g/mol. The number of anilines is 2. The van der Waals surface area contributed by atoms with Crippen molar-refractivity contribution in [1.29, 1.82) is 0 Å². The lowest BCUT2D eigenvalue weighted by molar-refractivity contribution is 0.0248. The summed E-state index contributed by atoms with van der Waals surface area (Å²) in [7, 11) is 0. The van der Waals surface area contributed by atoms with Gasteiger partial charge >= 0.3 is 0 Å². The molecule has 1 amide bonds. The number of pyridine rings is 1. The summed E-state index contributed by atoms with van der Waals surface area (Å²) in [6.07, 6.45) is 3.86. The predicted molar refractivity (Wildman–Crippen MR) is 89.7 cm³/mol. The molecule has 0 aliphatic carbocycles. The van der Waals surface area contributed by atoms with E-state index in [9.17, 15) is 9.90 Å². The fraction of sp³-hybridized carbons (Fsp3) is 0.333. The summed E-state index contributed by atoms with van der Waals surface area (Å²) in [5.74, 6) is 0.234. The number of aliphatic hydroxyl groups excluding tert-OH is 1. The average Bonchev–Trinajstić information content (AvgIpc) is 2.58. The summed E-state index contributed by atoms with van der Waals surface area (Å²) in [4.78, 5) is 18.2. The number of carbonyl (C=O) groups excluding carboxylic acids is 1. The minimum Gasteiger partial charge on any atom is -0.391 e. The van der Waals surface area contributed by atoms with Crippen LogP contribution >= 0.6 is 0 Å². The highest BCUT2D eigenvalue weighted by Gasteiger charge is 2.27. The minimum atomic E-state index is -0.430. The van der Waals surface area contributed by atoms with Crippen molar-refractivity contribution in [2.75, 3.05) is 18.4 Å². The topological polar surface area (TPSA) is 65.5 Å². The summed E-state index contributed by atoms with van der Waals surface area (Å²) in [5, 5.41) is 13.2. The lowest BCUT2D eigenvalue weighted by Gasteiger charge is -2.34. The molecule has 120 valence electrons. The number of aliphatic hydroxyl groups is 1. The lowest BCUT2D eigenvalue weighted by Crippen LogP contribution is -2.45. The monoisotopic (exact) mass is 311 g/mol. The van der Waals surface area contributed by atoms with Crippen LogP contribution in [0.3, 0.4) is 0 Å². The number of likely N-dealkylation sites (tertiary alicyclic amines) is 1. The Morgan fingerprint density at radius 1 is 1.17 bits per heavy atom. The van der Waals surface area contributed by atoms with Gasteiger partial charge in [-0.2, -0.15) is 0 Å². The second-order valence-electron chi connectivity index (χ2n) is 6.02. The second kappa shape index (κ2) is 6.79. The van der Waals surface area contributed by atoms with Crippen molar-refractivity contribution in [1.82, 2.24) is 9.88 Å². The molecule has 2 aromatic rings. The maximum Gasteiger partial charge on any atom is 0.253 e. The Bertz CT molecular complexity index is 658. The summed E-state index contributed by atoms with van der Waals surface area (Å²) < 4.78 is 0. The molecule has 1 fully saturated rings. The van der Waals surface area contributed by atoms with E-state index in [1.807, 2.05) is 43.3 Å². The van der Waals surface area contributed by atoms with Crippen molar-refractivity contribution >= 4 is 17.3 Å². The van der Waals surface area contributed by atoms with Crippen molar-refractivity contribution in [3.05, 3.63) is 54.4 Å². The number of aromatic nitrogens is 1. The Morgan fingerprint density at radius 2 is 1.83 bits per heavy atom. The van der Waals surface area contributed by atoms with E-state index in [0.29, 0.717) is 18.7 Å². The lowest BCUT2D eigenvalue weighted by atomic mass is 9.95. The number of benzene rings is 1. The van der Waals surface area contributed by atoms with Crippen molar-refractivity contribution in [3.63, 3.8) is 0 Å². The Kier molecular flexibility index (Phi) is 4.57. The quantitative estimate of drug-likeness (QED) is 0.914. The molecule has 1 aliphatic rings. The molecule has 0 saturated carbocycles. The van der Waals surface area contributed by atoms with Gasteiger partial charge in [0.1, 0.15) is 0 Å². The van der Waals surface area contributed by atoms with Crippen LogP contribution in [0, 0.1) is 5.92 Å². The van der Waals surface area contributed by atoms with Crippen LogP contribution in [0.15, 0.2) is 48.8 Å². The molecule has 0 bridgehead atoms. The SMILES string of the molecule is CC1CCN(C(=O)c2ccc(Nc3ccncc3)cc2)CC1O. The molecule has 0 radical (unpaired) electrons. The van der Waals surface area contributed by atoms with Gasteiger partial charge in [-0.1, -0.05) is 6.92 Å². The Balaban J connectivity index is 1.66. The molecule has 1 aliphatic heterocycles. The molecule has 2 atom stereocenters. The fourth-order valence-electron chi connectivity index (χ4n) is 2.71. The van der Waals surface area contributed by atoms with E-state index in [2.05, 4.69) is 10.3 Å². The molecule has 1 aromatic carbocycles. The molecular formula is C18H21N3O2. The number of amides is 1. The van der Waals surface area contributed by atoms with Gasteiger partial charge in [0.15, 0.2) is 0 Å². The summed E-state index contributed by atoms with van der Waals surface area (Å²) >= 11 is 0. The molecule has 5 nitrogen and oxygen atoms in total. The Labute approximate surface area is 136 Å². The van der Waals surface area contributed by atoms with Crippen LogP contribution in [0.5, 0.6) is 0 Å². The summed E-state index contributed by atoms with van der Waals surface area (Å²) in [5.41, 5.74) is 2.51. The van der Waals surface area contributed by atoms with Crippen molar-refractivity contribution < 1.29 is 9.90 Å². The molecule has 0 spiro atoms. The molecule has 1 aromatic heterocycles. The molecule has 2 N–H and O–H groups in total.